The van der Waals surface area contributed by atoms with Crippen molar-refractivity contribution in [3.63, 3.8) is 0 Å². The van der Waals surface area contributed by atoms with Crippen molar-refractivity contribution in [3.05, 3.63) is 23.5 Å². The zero-order valence-electron chi connectivity index (χ0n) is 9.98. The molecule has 0 spiro atoms. The fourth-order valence-corrected chi connectivity index (χ4v) is 4.39. The molecule has 94 valence electrons. The maximum Gasteiger partial charge on any atom is 0.138 e. The number of aromatic hydroxyl groups is 1. The van der Waals surface area contributed by atoms with Gasteiger partial charge in [-0.25, -0.2) is 0 Å². The van der Waals surface area contributed by atoms with Gasteiger partial charge in [-0.05, 0) is 19.1 Å². The molecule has 0 bridgehead atoms. The van der Waals surface area contributed by atoms with E-state index in [-0.39, 0.29) is 5.75 Å². The maximum absolute atomic E-state index is 9.66. The maximum atomic E-state index is 9.66. The van der Waals surface area contributed by atoms with Crippen LogP contribution in [0, 0.1) is 6.92 Å². The zero-order valence-corrected chi connectivity index (χ0v) is 11.6. The van der Waals surface area contributed by atoms with E-state index in [9.17, 15) is 5.11 Å². The molecule has 3 nitrogen and oxygen atoms in total. The fourth-order valence-electron chi connectivity index (χ4n) is 1.74. The summed E-state index contributed by atoms with van der Waals surface area (Å²) < 4.78 is 0. The first-order valence-corrected chi connectivity index (χ1v) is 8.01. The van der Waals surface area contributed by atoms with Crippen LogP contribution >= 0.6 is 23.5 Å². The molecular formula is C12H18N2OS2. The first-order chi connectivity index (χ1) is 8.25. The Balaban J connectivity index is 1.79. The van der Waals surface area contributed by atoms with Crippen LogP contribution in [0.5, 0.6) is 5.75 Å². The van der Waals surface area contributed by atoms with Gasteiger partial charge in [0.25, 0.3) is 0 Å². The lowest BCUT2D eigenvalue weighted by atomic mass is 10.3. The summed E-state index contributed by atoms with van der Waals surface area (Å²) in [6.07, 6.45) is 0. The van der Waals surface area contributed by atoms with Crippen LogP contribution in [0.1, 0.15) is 11.4 Å². The largest absolute Gasteiger partial charge is 0.506 e. The van der Waals surface area contributed by atoms with Gasteiger partial charge < -0.3 is 10.4 Å². The van der Waals surface area contributed by atoms with Crippen molar-refractivity contribution in [3.8, 4) is 5.75 Å². The average molecular weight is 270 g/mol. The number of aromatic nitrogens is 1. The summed E-state index contributed by atoms with van der Waals surface area (Å²) in [5, 5.41) is 13.7. The number of nitrogens with zero attached hydrogens (tertiary/aromatic N) is 1. The molecule has 0 radical (unpaired) electrons. The molecular weight excluding hydrogens is 252 g/mol. The molecule has 1 aromatic rings. The summed E-state index contributed by atoms with van der Waals surface area (Å²) in [6.45, 7) is 3.58. The Kier molecular flexibility index (Phi) is 5.00. The monoisotopic (exact) mass is 270 g/mol. The van der Waals surface area contributed by atoms with E-state index in [1.165, 1.54) is 17.3 Å². The highest BCUT2D eigenvalue weighted by atomic mass is 32.2. The van der Waals surface area contributed by atoms with E-state index in [0.717, 1.165) is 17.9 Å². The SMILES string of the molecule is Cc1ccc(O)c(CNCC2CSCCS2)n1. The molecule has 0 amide bonds. The molecule has 2 N–H and O–H groups in total. The summed E-state index contributed by atoms with van der Waals surface area (Å²) in [5.74, 6) is 4.05. The van der Waals surface area contributed by atoms with Gasteiger partial charge >= 0.3 is 0 Å². The number of hydrogen-bond acceptors (Lipinski definition) is 5. The van der Waals surface area contributed by atoms with Crippen molar-refractivity contribution < 1.29 is 5.11 Å². The van der Waals surface area contributed by atoms with Gasteiger partial charge in [0.1, 0.15) is 5.75 Å². The molecule has 17 heavy (non-hydrogen) atoms. The van der Waals surface area contributed by atoms with Crippen molar-refractivity contribution in [1.29, 1.82) is 0 Å². The van der Waals surface area contributed by atoms with Gasteiger partial charge in [-0.3, -0.25) is 4.98 Å². The summed E-state index contributed by atoms with van der Waals surface area (Å²) in [6, 6.07) is 3.54. The van der Waals surface area contributed by atoms with Gasteiger partial charge in [-0.1, -0.05) is 0 Å². The number of thioether (sulfide) groups is 2. The lowest BCUT2D eigenvalue weighted by Gasteiger charge is -2.21. The van der Waals surface area contributed by atoms with Crippen LogP contribution in [0.2, 0.25) is 0 Å². The minimum Gasteiger partial charge on any atom is -0.506 e. The van der Waals surface area contributed by atoms with Crippen LogP contribution < -0.4 is 5.32 Å². The second-order valence-electron chi connectivity index (χ2n) is 4.12. The van der Waals surface area contributed by atoms with Crippen LogP contribution in [0.15, 0.2) is 12.1 Å². The van der Waals surface area contributed by atoms with Gasteiger partial charge in [-0.15, -0.1) is 0 Å². The van der Waals surface area contributed by atoms with Crippen molar-refractivity contribution >= 4 is 23.5 Å². The topological polar surface area (TPSA) is 45.1 Å². The van der Waals surface area contributed by atoms with E-state index in [0.29, 0.717) is 11.8 Å². The van der Waals surface area contributed by atoms with E-state index in [1.807, 2.05) is 36.5 Å². The van der Waals surface area contributed by atoms with Gasteiger partial charge in [0, 0.05) is 41.3 Å². The quantitative estimate of drug-likeness (QED) is 0.876. The van der Waals surface area contributed by atoms with E-state index in [2.05, 4.69) is 10.3 Å². The fraction of sp³-hybridized carbons (Fsp3) is 0.583. The summed E-state index contributed by atoms with van der Waals surface area (Å²) >= 11 is 4.07. The first kappa shape index (κ1) is 13.1. The zero-order chi connectivity index (χ0) is 12.1. The molecule has 1 atom stereocenters. The highest BCUT2D eigenvalue weighted by Gasteiger charge is 2.13. The van der Waals surface area contributed by atoms with Gasteiger partial charge in [-0.2, -0.15) is 23.5 Å². The second kappa shape index (κ2) is 6.52. The molecule has 1 aromatic heterocycles. The predicted octanol–water partition coefficient (Wildman–Crippen LogP) is 2.03. The Labute approximate surface area is 111 Å². The highest BCUT2D eigenvalue weighted by Crippen LogP contribution is 2.23. The molecule has 1 unspecified atom stereocenters. The lowest BCUT2D eigenvalue weighted by Crippen LogP contribution is -2.28. The average Bonchev–Trinajstić information content (AvgIpc) is 2.35. The summed E-state index contributed by atoms with van der Waals surface area (Å²) in [5.41, 5.74) is 1.70. The van der Waals surface area contributed by atoms with Crippen molar-refractivity contribution in [2.75, 3.05) is 23.8 Å². The number of hydrogen-bond donors (Lipinski definition) is 2. The van der Waals surface area contributed by atoms with Gasteiger partial charge in [0.05, 0.1) is 5.69 Å². The third-order valence-corrected chi connectivity index (χ3v) is 5.48. The molecule has 2 heterocycles. The van der Waals surface area contributed by atoms with Gasteiger partial charge in [0.15, 0.2) is 0 Å². The van der Waals surface area contributed by atoms with Crippen LogP contribution in [0.25, 0.3) is 0 Å². The minimum atomic E-state index is 0.286. The van der Waals surface area contributed by atoms with Crippen molar-refractivity contribution in [2.45, 2.75) is 18.7 Å². The van der Waals surface area contributed by atoms with Gasteiger partial charge in [0.2, 0.25) is 0 Å². The molecule has 1 fully saturated rings. The molecule has 0 aromatic carbocycles. The number of aryl methyl sites for hydroxylation is 1. The third kappa shape index (κ3) is 4.08. The summed E-state index contributed by atoms with van der Waals surface area (Å²) in [4.78, 5) is 4.33. The molecule has 2 rings (SSSR count). The van der Waals surface area contributed by atoms with Crippen LogP contribution in [-0.2, 0) is 6.54 Å². The normalized spacial score (nSPS) is 20.4. The highest BCUT2D eigenvalue weighted by molar-refractivity contribution is 8.06. The third-order valence-electron chi connectivity index (χ3n) is 2.64. The van der Waals surface area contributed by atoms with Crippen LogP contribution in [0.4, 0.5) is 0 Å². The molecule has 1 saturated heterocycles. The van der Waals surface area contributed by atoms with E-state index < -0.39 is 0 Å². The molecule has 5 heteroatoms. The Morgan fingerprint density at radius 3 is 3.12 bits per heavy atom. The number of nitrogens with one attached hydrogen (secondary N) is 1. The second-order valence-corrected chi connectivity index (χ2v) is 6.68. The number of pyridine rings is 1. The van der Waals surface area contributed by atoms with E-state index in [4.69, 9.17) is 0 Å². The Hall–Kier alpha value is -0.390. The van der Waals surface area contributed by atoms with E-state index in [1.54, 1.807) is 6.07 Å². The first-order valence-electron chi connectivity index (χ1n) is 5.81. The minimum absolute atomic E-state index is 0.286. The van der Waals surface area contributed by atoms with E-state index >= 15 is 0 Å². The number of rotatable bonds is 4. The predicted molar refractivity (Wildman–Crippen MR) is 75.9 cm³/mol. The molecule has 0 saturated carbocycles. The molecule has 0 aliphatic carbocycles. The van der Waals surface area contributed by atoms with Crippen molar-refractivity contribution in [2.24, 2.45) is 0 Å². The molecule has 1 aliphatic rings. The van der Waals surface area contributed by atoms with Crippen LogP contribution in [0.3, 0.4) is 0 Å². The Morgan fingerprint density at radius 2 is 2.35 bits per heavy atom. The smallest absolute Gasteiger partial charge is 0.138 e. The molecule has 1 aliphatic heterocycles. The van der Waals surface area contributed by atoms with Crippen molar-refractivity contribution in [1.82, 2.24) is 10.3 Å². The Bertz CT molecular complexity index is 368. The Morgan fingerprint density at radius 1 is 1.47 bits per heavy atom. The summed E-state index contributed by atoms with van der Waals surface area (Å²) in [7, 11) is 0. The van der Waals surface area contributed by atoms with Crippen LogP contribution in [-0.4, -0.2) is 39.1 Å². The lowest BCUT2D eigenvalue weighted by molar-refractivity contribution is 0.459. The standard InChI is InChI=1S/C12H18N2OS2/c1-9-2-3-12(15)11(14-9)7-13-6-10-8-16-4-5-17-10/h2-3,10,13,15H,4-8H2,1H3.